The maximum absolute atomic E-state index is 11.3. The second-order valence-corrected chi connectivity index (χ2v) is 2.48. The Hall–Kier alpha value is -0.250. The van der Waals surface area contributed by atoms with E-state index in [4.69, 9.17) is 0 Å². The fourth-order valence-electron chi connectivity index (χ4n) is 0.410. The summed E-state index contributed by atoms with van der Waals surface area (Å²) in [5, 5.41) is 0. The van der Waals surface area contributed by atoms with E-state index in [2.05, 4.69) is 4.74 Å². The highest BCUT2D eigenvalue weighted by atomic mass is 19.4. The van der Waals surface area contributed by atoms with Crippen molar-refractivity contribution >= 4 is 0 Å². The third kappa shape index (κ3) is 16.4. The van der Waals surface area contributed by atoms with Crippen LogP contribution in [0.15, 0.2) is 0 Å². The average Bonchev–Trinajstić information content (AvgIpc) is 1.88. The zero-order valence-corrected chi connectivity index (χ0v) is 8.03. The summed E-state index contributed by atoms with van der Waals surface area (Å²) in [6, 6.07) is 0. The van der Waals surface area contributed by atoms with Crippen LogP contribution in [0.1, 0.15) is 34.1 Å². The molecule has 4 heteroatoms. The Bertz CT molecular complexity index is 88.8. The first kappa shape index (κ1) is 14.3. The molecule has 0 amide bonds. The summed E-state index contributed by atoms with van der Waals surface area (Å²) in [5.41, 5.74) is 0. The molecule has 0 radical (unpaired) electrons. The van der Waals surface area contributed by atoms with Crippen LogP contribution in [0.2, 0.25) is 0 Å². The predicted molar refractivity (Wildman–Crippen MR) is 42.8 cm³/mol. The largest absolute Gasteiger partial charge is 0.522 e. The predicted octanol–water partition coefficient (Wildman–Crippen LogP) is 3.60. The van der Waals surface area contributed by atoms with E-state index in [-0.39, 0.29) is 12.5 Å². The number of alkyl halides is 3. The van der Waals surface area contributed by atoms with Crippen molar-refractivity contribution in [3.8, 4) is 0 Å². The molecule has 76 valence electrons. The molecule has 1 nitrogen and oxygen atoms in total. The number of hydrogen-bond acceptors (Lipinski definition) is 1. The van der Waals surface area contributed by atoms with E-state index in [0.29, 0.717) is 6.42 Å². The van der Waals surface area contributed by atoms with E-state index in [1.165, 1.54) is 0 Å². The molecule has 0 fully saturated rings. The maximum Gasteiger partial charge on any atom is 0.522 e. The lowest BCUT2D eigenvalue weighted by molar-refractivity contribution is -0.325. The minimum absolute atomic E-state index is 0.235. The van der Waals surface area contributed by atoms with Gasteiger partial charge < -0.3 is 0 Å². The molecule has 0 aliphatic carbocycles. The Morgan fingerprint density at radius 2 is 1.58 bits per heavy atom. The molecule has 0 unspecified atom stereocenters. The van der Waals surface area contributed by atoms with Gasteiger partial charge in [-0.3, -0.25) is 4.74 Å². The van der Waals surface area contributed by atoms with Gasteiger partial charge in [0.05, 0.1) is 6.61 Å². The van der Waals surface area contributed by atoms with Crippen molar-refractivity contribution in [2.75, 3.05) is 6.61 Å². The van der Waals surface area contributed by atoms with Gasteiger partial charge in [0.25, 0.3) is 0 Å². The summed E-state index contributed by atoms with van der Waals surface area (Å²) >= 11 is 0. The van der Waals surface area contributed by atoms with Gasteiger partial charge in [0.15, 0.2) is 0 Å². The first-order valence-corrected chi connectivity index (χ1v) is 4.12. The summed E-state index contributed by atoms with van der Waals surface area (Å²) < 4.78 is 37.4. The monoisotopic (exact) mass is 186 g/mol. The molecule has 0 aliphatic heterocycles. The van der Waals surface area contributed by atoms with Gasteiger partial charge in [-0.05, 0) is 12.3 Å². The molecule has 0 saturated heterocycles. The van der Waals surface area contributed by atoms with E-state index in [9.17, 15) is 13.2 Å². The molecule has 0 spiro atoms. The van der Waals surface area contributed by atoms with Crippen LogP contribution in [0, 0.1) is 5.92 Å². The van der Waals surface area contributed by atoms with Crippen molar-refractivity contribution in [3.05, 3.63) is 0 Å². The Balaban J connectivity index is 0. The fourth-order valence-corrected chi connectivity index (χ4v) is 0.410. The topological polar surface area (TPSA) is 9.23 Å². The van der Waals surface area contributed by atoms with Crippen LogP contribution >= 0.6 is 0 Å². The van der Waals surface area contributed by atoms with Gasteiger partial charge in [-0.25, -0.2) is 0 Å². The normalized spacial score (nSPS) is 11.0. The molecule has 0 aliphatic rings. The lowest BCUT2D eigenvalue weighted by Gasteiger charge is -2.07. The van der Waals surface area contributed by atoms with E-state index in [1.54, 1.807) is 0 Å². The van der Waals surface area contributed by atoms with Crippen LogP contribution < -0.4 is 0 Å². The standard InChI is InChI=1S/C6H11F3O.C2H6/c1-5(2)3-4-10-6(7,8)9;1-2/h5H,3-4H2,1-2H3;1-2H3. The summed E-state index contributed by atoms with van der Waals surface area (Å²) in [6.45, 7) is 7.46. The second kappa shape index (κ2) is 7.40. The number of ether oxygens (including phenoxy) is 1. The van der Waals surface area contributed by atoms with Crippen molar-refractivity contribution < 1.29 is 17.9 Å². The molecule has 0 aromatic rings. The van der Waals surface area contributed by atoms with E-state index in [1.807, 2.05) is 27.7 Å². The average molecular weight is 186 g/mol. The van der Waals surface area contributed by atoms with Crippen LogP contribution in [-0.2, 0) is 4.74 Å². The Morgan fingerprint density at radius 3 is 1.83 bits per heavy atom. The van der Waals surface area contributed by atoms with Gasteiger partial charge in [-0.2, -0.15) is 0 Å². The molecule has 0 N–H and O–H groups in total. The first-order chi connectivity index (χ1) is 5.42. The van der Waals surface area contributed by atoms with Gasteiger partial charge in [-0.15, -0.1) is 13.2 Å². The molecule has 12 heavy (non-hydrogen) atoms. The highest BCUT2D eigenvalue weighted by molar-refractivity contribution is 4.42. The highest BCUT2D eigenvalue weighted by Gasteiger charge is 2.28. The third-order valence-corrected chi connectivity index (χ3v) is 0.961. The van der Waals surface area contributed by atoms with Crippen LogP contribution in [0.3, 0.4) is 0 Å². The van der Waals surface area contributed by atoms with E-state index >= 15 is 0 Å². The molecule has 0 aromatic heterocycles. The maximum atomic E-state index is 11.3. The lowest BCUT2D eigenvalue weighted by Crippen LogP contribution is -2.14. The molecule has 0 atom stereocenters. The fraction of sp³-hybridized carbons (Fsp3) is 1.00. The van der Waals surface area contributed by atoms with Crippen molar-refractivity contribution in [1.29, 1.82) is 0 Å². The summed E-state index contributed by atoms with van der Waals surface area (Å²) in [5.74, 6) is 0.252. The van der Waals surface area contributed by atoms with E-state index < -0.39 is 6.36 Å². The van der Waals surface area contributed by atoms with Crippen molar-refractivity contribution in [3.63, 3.8) is 0 Å². The summed E-state index contributed by atoms with van der Waals surface area (Å²) in [6.07, 6.45) is -4.02. The number of halogens is 3. The minimum atomic E-state index is -4.46. The highest BCUT2D eigenvalue weighted by Crippen LogP contribution is 2.16. The molecule has 0 heterocycles. The number of hydrogen-bond donors (Lipinski definition) is 0. The quantitative estimate of drug-likeness (QED) is 0.654. The van der Waals surface area contributed by atoms with Gasteiger partial charge in [0.1, 0.15) is 0 Å². The smallest absolute Gasteiger partial charge is 0.292 e. The van der Waals surface area contributed by atoms with Crippen LogP contribution in [-0.4, -0.2) is 13.0 Å². The molecular formula is C8H17F3O. The van der Waals surface area contributed by atoms with Gasteiger partial charge in [0.2, 0.25) is 0 Å². The van der Waals surface area contributed by atoms with E-state index in [0.717, 1.165) is 0 Å². The molecule has 0 rings (SSSR count). The van der Waals surface area contributed by atoms with Crippen LogP contribution in [0.25, 0.3) is 0 Å². The third-order valence-electron chi connectivity index (χ3n) is 0.961. The molecule has 0 bridgehead atoms. The zero-order valence-electron chi connectivity index (χ0n) is 8.03. The summed E-state index contributed by atoms with van der Waals surface area (Å²) in [4.78, 5) is 0. The first-order valence-electron chi connectivity index (χ1n) is 4.12. The van der Waals surface area contributed by atoms with Crippen LogP contribution in [0.4, 0.5) is 13.2 Å². The Labute approximate surface area is 71.9 Å². The molecular weight excluding hydrogens is 169 g/mol. The van der Waals surface area contributed by atoms with Crippen LogP contribution in [0.5, 0.6) is 0 Å². The molecule has 0 aromatic carbocycles. The lowest BCUT2D eigenvalue weighted by atomic mass is 10.1. The summed E-state index contributed by atoms with van der Waals surface area (Å²) in [7, 11) is 0. The van der Waals surface area contributed by atoms with Crippen molar-refractivity contribution in [1.82, 2.24) is 0 Å². The number of rotatable bonds is 3. The zero-order chi connectivity index (χ0) is 10.2. The van der Waals surface area contributed by atoms with Gasteiger partial charge >= 0.3 is 6.36 Å². The van der Waals surface area contributed by atoms with Gasteiger partial charge in [0, 0.05) is 0 Å². The van der Waals surface area contributed by atoms with Crippen molar-refractivity contribution in [2.24, 2.45) is 5.92 Å². The van der Waals surface area contributed by atoms with Gasteiger partial charge in [-0.1, -0.05) is 27.7 Å². The Kier molecular flexibility index (Phi) is 8.81. The Morgan fingerprint density at radius 1 is 1.17 bits per heavy atom. The second-order valence-electron chi connectivity index (χ2n) is 2.48. The minimum Gasteiger partial charge on any atom is -0.292 e. The van der Waals surface area contributed by atoms with Crippen molar-refractivity contribution in [2.45, 2.75) is 40.5 Å². The molecule has 0 saturated carbocycles. The SMILES string of the molecule is CC.CC(C)CCOC(F)(F)F.